The first-order valence-electron chi connectivity index (χ1n) is 7.46. The molecule has 4 rings (SSSR count). The number of carbonyl (C=O) groups excluding carboxylic acids is 1. The molecular formula is C18H14N4O2. The van der Waals surface area contributed by atoms with Gasteiger partial charge in [0.05, 0.1) is 11.9 Å². The van der Waals surface area contributed by atoms with Gasteiger partial charge in [-0.3, -0.25) is 9.78 Å². The van der Waals surface area contributed by atoms with Gasteiger partial charge in [0.25, 0.3) is 0 Å². The highest BCUT2D eigenvalue weighted by atomic mass is 16.3. The van der Waals surface area contributed by atoms with Crippen LogP contribution in [0.2, 0.25) is 0 Å². The zero-order valence-corrected chi connectivity index (χ0v) is 13.2. The van der Waals surface area contributed by atoms with E-state index in [-0.39, 0.29) is 0 Å². The van der Waals surface area contributed by atoms with Crippen LogP contribution in [0.1, 0.15) is 16.3 Å². The second-order valence-electron chi connectivity index (χ2n) is 5.54. The summed E-state index contributed by atoms with van der Waals surface area (Å²) < 4.78 is 7.83. The molecule has 0 bridgehead atoms. The molecule has 0 aliphatic rings. The summed E-state index contributed by atoms with van der Waals surface area (Å²) in [5.41, 5.74) is 4.56. The predicted molar refractivity (Wildman–Crippen MR) is 89.6 cm³/mol. The Morgan fingerprint density at radius 1 is 1.12 bits per heavy atom. The molecule has 0 N–H and O–H groups in total. The van der Waals surface area contributed by atoms with Gasteiger partial charge in [0.15, 0.2) is 11.9 Å². The number of rotatable bonds is 3. The molecule has 0 spiro atoms. The van der Waals surface area contributed by atoms with Crippen LogP contribution in [-0.2, 0) is 7.05 Å². The third kappa shape index (κ3) is 2.28. The Bertz CT molecular complexity index is 1060. The summed E-state index contributed by atoms with van der Waals surface area (Å²) in [5, 5.41) is 0. The number of aromatic nitrogens is 4. The number of fused-ring (bicyclic) bond motifs is 1. The van der Waals surface area contributed by atoms with Gasteiger partial charge in [-0.15, -0.1) is 0 Å². The second kappa shape index (κ2) is 5.42. The van der Waals surface area contributed by atoms with E-state index < -0.39 is 0 Å². The van der Waals surface area contributed by atoms with E-state index >= 15 is 0 Å². The molecule has 0 radical (unpaired) electrons. The Labute approximate surface area is 137 Å². The molecule has 6 heteroatoms. The number of hydrogen-bond acceptors (Lipinski definition) is 5. The lowest BCUT2D eigenvalue weighted by Crippen LogP contribution is -1.93. The number of benzene rings is 1. The Hall–Kier alpha value is -3.28. The summed E-state index contributed by atoms with van der Waals surface area (Å²) >= 11 is 0. The highest BCUT2D eigenvalue weighted by Crippen LogP contribution is 2.28. The number of oxazole rings is 1. The molecule has 4 aromatic rings. The molecule has 118 valence electrons. The second-order valence-corrected chi connectivity index (χ2v) is 5.54. The van der Waals surface area contributed by atoms with E-state index in [9.17, 15) is 4.79 Å². The summed E-state index contributed by atoms with van der Waals surface area (Å²) in [6.07, 6.45) is 4.11. The number of carbonyl (C=O) groups is 1. The number of nitrogens with zero attached hydrogens (tertiary/aromatic N) is 4. The SMILES string of the molecule is Cc1ncc(-c2ccc3oc(-c4ccnc(C=O)c4)nc3c2)n1C. The minimum Gasteiger partial charge on any atom is -0.436 e. The minimum atomic E-state index is 0.348. The Morgan fingerprint density at radius 3 is 2.75 bits per heavy atom. The van der Waals surface area contributed by atoms with Crippen molar-refractivity contribution >= 4 is 17.4 Å². The Morgan fingerprint density at radius 2 is 2.00 bits per heavy atom. The van der Waals surface area contributed by atoms with Crippen LogP contribution in [0.3, 0.4) is 0 Å². The number of imidazole rings is 1. The van der Waals surface area contributed by atoms with Crippen molar-refractivity contribution in [3.63, 3.8) is 0 Å². The molecular weight excluding hydrogens is 304 g/mol. The molecule has 3 aromatic heterocycles. The highest BCUT2D eigenvalue weighted by Gasteiger charge is 2.12. The van der Waals surface area contributed by atoms with Gasteiger partial charge in [0, 0.05) is 24.4 Å². The van der Waals surface area contributed by atoms with Crippen molar-refractivity contribution in [1.82, 2.24) is 19.5 Å². The van der Waals surface area contributed by atoms with Gasteiger partial charge in [0.2, 0.25) is 5.89 Å². The normalized spacial score (nSPS) is 11.1. The molecule has 0 unspecified atom stereocenters. The smallest absolute Gasteiger partial charge is 0.227 e. The number of aldehydes is 1. The van der Waals surface area contributed by atoms with E-state index in [0.29, 0.717) is 23.5 Å². The quantitative estimate of drug-likeness (QED) is 0.541. The Kier molecular flexibility index (Phi) is 3.23. The van der Waals surface area contributed by atoms with E-state index in [0.717, 1.165) is 28.2 Å². The summed E-state index contributed by atoms with van der Waals surface area (Å²) in [4.78, 5) is 23.7. The first kappa shape index (κ1) is 14.3. The fourth-order valence-corrected chi connectivity index (χ4v) is 2.63. The van der Waals surface area contributed by atoms with Crippen molar-refractivity contribution in [2.45, 2.75) is 6.92 Å². The molecule has 0 amide bonds. The number of pyridine rings is 1. The number of aryl methyl sites for hydroxylation is 1. The maximum absolute atomic E-state index is 10.9. The lowest BCUT2D eigenvalue weighted by molar-refractivity contribution is 0.111. The van der Waals surface area contributed by atoms with Crippen LogP contribution in [0.15, 0.2) is 47.1 Å². The van der Waals surface area contributed by atoms with Crippen molar-refractivity contribution in [3.8, 4) is 22.7 Å². The molecule has 0 saturated heterocycles. The van der Waals surface area contributed by atoms with E-state index in [1.165, 1.54) is 0 Å². The van der Waals surface area contributed by atoms with E-state index in [4.69, 9.17) is 4.42 Å². The van der Waals surface area contributed by atoms with Gasteiger partial charge in [-0.25, -0.2) is 9.97 Å². The highest BCUT2D eigenvalue weighted by molar-refractivity contribution is 5.82. The average Bonchev–Trinajstić information content (AvgIpc) is 3.18. The van der Waals surface area contributed by atoms with Crippen molar-refractivity contribution in [3.05, 3.63) is 54.2 Å². The van der Waals surface area contributed by atoms with Crippen LogP contribution in [-0.4, -0.2) is 25.8 Å². The van der Waals surface area contributed by atoms with Gasteiger partial charge >= 0.3 is 0 Å². The molecule has 0 atom stereocenters. The van der Waals surface area contributed by atoms with Crippen molar-refractivity contribution < 1.29 is 9.21 Å². The molecule has 0 fully saturated rings. The van der Waals surface area contributed by atoms with Crippen LogP contribution in [0.5, 0.6) is 0 Å². The van der Waals surface area contributed by atoms with Gasteiger partial charge in [-0.05, 0) is 37.3 Å². The van der Waals surface area contributed by atoms with Gasteiger partial charge in [-0.2, -0.15) is 0 Å². The predicted octanol–water partition coefficient (Wildman–Crippen LogP) is 3.41. The maximum Gasteiger partial charge on any atom is 0.227 e. The first-order valence-corrected chi connectivity index (χ1v) is 7.46. The zero-order chi connectivity index (χ0) is 16.7. The van der Waals surface area contributed by atoms with Gasteiger partial charge < -0.3 is 8.98 Å². The van der Waals surface area contributed by atoms with Crippen molar-refractivity contribution in [2.24, 2.45) is 7.05 Å². The van der Waals surface area contributed by atoms with Crippen molar-refractivity contribution in [1.29, 1.82) is 0 Å². The molecule has 0 aliphatic heterocycles. The summed E-state index contributed by atoms with van der Waals surface area (Å²) in [7, 11) is 1.98. The van der Waals surface area contributed by atoms with Crippen LogP contribution >= 0.6 is 0 Å². The summed E-state index contributed by atoms with van der Waals surface area (Å²) in [5.74, 6) is 1.41. The lowest BCUT2D eigenvalue weighted by Gasteiger charge is -2.03. The summed E-state index contributed by atoms with van der Waals surface area (Å²) in [6, 6.07) is 9.27. The Balaban J connectivity index is 1.81. The summed E-state index contributed by atoms with van der Waals surface area (Å²) in [6.45, 7) is 1.96. The van der Waals surface area contributed by atoms with Crippen LogP contribution in [0, 0.1) is 6.92 Å². The molecule has 0 aliphatic carbocycles. The third-order valence-electron chi connectivity index (χ3n) is 4.05. The molecule has 3 heterocycles. The number of hydrogen-bond donors (Lipinski definition) is 0. The molecule has 0 saturated carbocycles. The van der Waals surface area contributed by atoms with Gasteiger partial charge in [0.1, 0.15) is 17.0 Å². The minimum absolute atomic E-state index is 0.348. The van der Waals surface area contributed by atoms with Crippen LogP contribution in [0.25, 0.3) is 33.8 Å². The molecule has 24 heavy (non-hydrogen) atoms. The lowest BCUT2D eigenvalue weighted by atomic mass is 10.1. The van der Waals surface area contributed by atoms with Crippen LogP contribution in [0.4, 0.5) is 0 Å². The average molecular weight is 318 g/mol. The first-order chi connectivity index (χ1) is 11.7. The van der Waals surface area contributed by atoms with E-state index in [1.807, 2.05) is 42.9 Å². The van der Waals surface area contributed by atoms with Gasteiger partial charge in [-0.1, -0.05) is 0 Å². The third-order valence-corrected chi connectivity index (χ3v) is 4.05. The largest absolute Gasteiger partial charge is 0.436 e. The molecule has 6 nitrogen and oxygen atoms in total. The standard InChI is InChI=1S/C18H14N4O2/c1-11-20-9-16(22(11)2)12-3-4-17-15(8-12)21-18(24-17)13-5-6-19-14(7-13)10-23/h3-10H,1-2H3. The van der Waals surface area contributed by atoms with E-state index in [2.05, 4.69) is 15.0 Å². The van der Waals surface area contributed by atoms with E-state index in [1.54, 1.807) is 18.3 Å². The topological polar surface area (TPSA) is 73.8 Å². The monoisotopic (exact) mass is 318 g/mol. The maximum atomic E-state index is 10.9. The molecule has 1 aromatic carbocycles. The fraction of sp³-hybridized carbons (Fsp3) is 0.111. The van der Waals surface area contributed by atoms with Crippen molar-refractivity contribution in [2.75, 3.05) is 0 Å². The fourth-order valence-electron chi connectivity index (χ4n) is 2.63. The van der Waals surface area contributed by atoms with Crippen LogP contribution < -0.4 is 0 Å². The zero-order valence-electron chi connectivity index (χ0n) is 13.2.